The maximum atomic E-state index is 14.6. The number of carboxylic acid groups (broad SMARTS) is 1. The predicted octanol–water partition coefficient (Wildman–Crippen LogP) is 4.95. The van der Waals surface area contributed by atoms with Gasteiger partial charge in [0, 0.05) is 34.4 Å². The minimum atomic E-state index is -1.37. The van der Waals surface area contributed by atoms with Crippen molar-refractivity contribution in [3.8, 4) is 0 Å². The number of fused-ring (bicyclic) bond motifs is 3. The van der Waals surface area contributed by atoms with E-state index in [0.29, 0.717) is 17.3 Å². The molecule has 0 radical (unpaired) electrons. The summed E-state index contributed by atoms with van der Waals surface area (Å²) in [5, 5.41) is 12.8. The van der Waals surface area contributed by atoms with Gasteiger partial charge in [0.1, 0.15) is 11.6 Å². The van der Waals surface area contributed by atoms with E-state index >= 15 is 0 Å². The third-order valence-corrected chi connectivity index (χ3v) is 5.30. The highest BCUT2D eigenvalue weighted by molar-refractivity contribution is 6.30. The molecule has 7 heteroatoms. The van der Waals surface area contributed by atoms with E-state index in [0.717, 1.165) is 30.5 Å². The molecule has 0 unspecified atom stereocenters. The van der Waals surface area contributed by atoms with Gasteiger partial charge in [-0.2, -0.15) is 0 Å². The van der Waals surface area contributed by atoms with Crippen LogP contribution in [-0.2, 0) is 4.74 Å². The standard InChI is InChI=1S/C19H16ClF2NO3/c20-10-3-4-15-12(8-10)18-11(2-1-5-26-18)17(23-15)16-13(21)6-9(19(24)25)7-14(16)22/h3-4,6-8,11,17-18,23H,1-2,5H2,(H,24,25)/t11-,17+,18-/m1/s1. The van der Waals surface area contributed by atoms with E-state index in [-0.39, 0.29) is 17.6 Å². The van der Waals surface area contributed by atoms with E-state index < -0.39 is 29.2 Å². The Morgan fingerprint density at radius 3 is 2.65 bits per heavy atom. The molecular formula is C19H16ClF2NO3. The van der Waals surface area contributed by atoms with Crippen LogP contribution in [0.5, 0.6) is 0 Å². The van der Waals surface area contributed by atoms with Crippen molar-refractivity contribution < 1.29 is 23.4 Å². The fraction of sp³-hybridized carbons (Fsp3) is 0.316. The third-order valence-electron chi connectivity index (χ3n) is 5.06. The van der Waals surface area contributed by atoms with Gasteiger partial charge < -0.3 is 15.2 Å². The summed E-state index contributed by atoms with van der Waals surface area (Å²) in [4.78, 5) is 11.0. The number of halogens is 3. The van der Waals surface area contributed by atoms with Crippen molar-refractivity contribution in [1.82, 2.24) is 0 Å². The Balaban J connectivity index is 1.82. The summed E-state index contributed by atoms with van der Waals surface area (Å²) in [6.45, 7) is 0.572. The van der Waals surface area contributed by atoms with Crippen LogP contribution in [0.3, 0.4) is 0 Å². The van der Waals surface area contributed by atoms with Crippen molar-refractivity contribution in [2.75, 3.05) is 11.9 Å². The van der Waals surface area contributed by atoms with Gasteiger partial charge in [0.25, 0.3) is 0 Å². The molecule has 2 heterocycles. The van der Waals surface area contributed by atoms with Crippen LogP contribution in [-0.4, -0.2) is 17.7 Å². The van der Waals surface area contributed by atoms with Gasteiger partial charge in [0.2, 0.25) is 0 Å². The number of ether oxygens (including phenoxy) is 1. The molecule has 2 N–H and O–H groups in total. The fourth-order valence-corrected chi connectivity index (χ4v) is 4.11. The second kappa shape index (κ2) is 6.52. The molecule has 0 aliphatic carbocycles. The molecule has 0 saturated carbocycles. The lowest BCUT2D eigenvalue weighted by Crippen LogP contribution is -2.37. The number of aromatic carboxylic acids is 1. The first kappa shape index (κ1) is 17.2. The Hall–Kier alpha value is -2.18. The molecule has 0 spiro atoms. The molecule has 0 aromatic heterocycles. The quantitative estimate of drug-likeness (QED) is 0.775. The van der Waals surface area contributed by atoms with Gasteiger partial charge in [-0.1, -0.05) is 11.6 Å². The zero-order chi connectivity index (χ0) is 18.4. The van der Waals surface area contributed by atoms with Gasteiger partial charge in [-0.3, -0.25) is 0 Å². The molecule has 2 aromatic carbocycles. The number of anilines is 1. The van der Waals surface area contributed by atoms with Crippen LogP contribution in [0.2, 0.25) is 5.02 Å². The molecule has 1 saturated heterocycles. The van der Waals surface area contributed by atoms with Gasteiger partial charge in [-0.15, -0.1) is 0 Å². The molecule has 2 aromatic rings. The number of benzene rings is 2. The van der Waals surface area contributed by atoms with Gasteiger partial charge in [0.05, 0.1) is 17.7 Å². The van der Waals surface area contributed by atoms with Crippen molar-refractivity contribution in [3.05, 3.63) is 63.7 Å². The van der Waals surface area contributed by atoms with Gasteiger partial charge in [-0.25, -0.2) is 13.6 Å². The molecule has 4 nitrogen and oxygen atoms in total. The lowest BCUT2D eigenvalue weighted by Gasteiger charge is -2.43. The zero-order valence-electron chi connectivity index (χ0n) is 13.6. The van der Waals surface area contributed by atoms with Gasteiger partial charge in [0.15, 0.2) is 0 Å². The SMILES string of the molecule is O=C(O)c1cc(F)c([C@H]2Nc3ccc(Cl)cc3[C@@H]3OCCC[C@H]23)c(F)c1. The second-order valence-corrected chi connectivity index (χ2v) is 7.05. The normalized spacial score (nSPS) is 24.3. The fourth-order valence-electron chi connectivity index (χ4n) is 3.93. The maximum absolute atomic E-state index is 14.6. The summed E-state index contributed by atoms with van der Waals surface area (Å²) in [6.07, 6.45) is 1.20. The van der Waals surface area contributed by atoms with E-state index in [9.17, 15) is 13.6 Å². The number of carbonyl (C=O) groups is 1. The molecule has 1 fully saturated rings. The molecule has 3 atom stereocenters. The third kappa shape index (κ3) is 2.83. The Kier molecular flexibility index (Phi) is 4.32. The first-order valence-electron chi connectivity index (χ1n) is 8.35. The molecule has 136 valence electrons. The van der Waals surface area contributed by atoms with E-state index in [1.54, 1.807) is 12.1 Å². The lowest BCUT2D eigenvalue weighted by molar-refractivity contribution is -0.0387. The average molecular weight is 380 g/mol. The summed E-state index contributed by atoms with van der Waals surface area (Å²) in [5.41, 5.74) is 1.02. The molecule has 0 bridgehead atoms. The molecular weight excluding hydrogens is 364 g/mol. The summed E-state index contributed by atoms with van der Waals surface area (Å²) in [6, 6.07) is 6.34. The van der Waals surface area contributed by atoms with Gasteiger partial charge in [-0.05, 0) is 43.2 Å². The summed E-state index contributed by atoms with van der Waals surface area (Å²) in [7, 11) is 0. The van der Waals surface area contributed by atoms with Crippen molar-refractivity contribution in [2.24, 2.45) is 5.92 Å². The van der Waals surface area contributed by atoms with Crippen LogP contribution in [0.1, 0.15) is 46.5 Å². The Morgan fingerprint density at radius 2 is 1.96 bits per heavy atom. The zero-order valence-corrected chi connectivity index (χ0v) is 14.4. The van der Waals surface area contributed by atoms with Crippen LogP contribution in [0, 0.1) is 17.6 Å². The lowest BCUT2D eigenvalue weighted by atomic mass is 9.77. The monoisotopic (exact) mass is 379 g/mol. The van der Waals surface area contributed by atoms with E-state index in [4.69, 9.17) is 21.4 Å². The topological polar surface area (TPSA) is 58.6 Å². The minimum Gasteiger partial charge on any atom is -0.478 e. The van der Waals surface area contributed by atoms with E-state index in [2.05, 4.69) is 5.32 Å². The van der Waals surface area contributed by atoms with E-state index in [1.165, 1.54) is 0 Å². The van der Waals surface area contributed by atoms with Crippen LogP contribution < -0.4 is 5.32 Å². The average Bonchev–Trinajstić information content (AvgIpc) is 2.61. The largest absolute Gasteiger partial charge is 0.478 e. The molecule has 4 rings (SSSR count). The number of hydrogen-bond donors (Lipinski definition) is 2. The molecule has 0 amide bonds. The number of rotatable bonds is 2. The highest BCUT2D eigenvalue weighted by Crippen LogP contribution is 2.50. The first-order chi connectivity index (χ1) is 12.5. The molecule has 26 heavy (non-hydrogen) atoms. The van der Waals surface area contributed by atoms with Crippen LogP contribution in [0.25, 0.3) is 0 Å². The highest BCUT2D eigenvalue weighted by Gasteiger charge is 2.42. The highest BCUT2D eigenvalue weighted by atomic mass is 35.5. The van der Waals surface area contributed by atoms with Gasteiger partial charge >= 0.3 is 5.97 Å². The van der Waals surface area contributed by atoms with Crippen LogP contribution >= 0.6 is 11.6 Å². The summed E-state index contributed by atoms with van der Waals surface area (Å²) < 4.78 is 35.2. The van der Waals surface area contributed by atoms with Crippen LogP contribution in [0.4, 0.5) is 14.5 Å². The number of carboxylic acids is 1. The molecule has 2 aliphatic heterocycles. The number of nitrogens with one attached hydrogen (secondary N) is 1. The van der Waals surface area contributed by atoms with E-state index in [1.807, 2.05) is 6.07 Å². The van der Waals surface area contributed by atoms with Crippen molar-refractivity contribution >= 4 is 23.3 Å². The Bertz CT molecular complexity index is 866. The summed E-state index contributed by atoms with van der Waals surface area (Å²) in [5.74, 6) is -3.30. The summed E-state index contributed by atoms with van der Waals surface area (Å²) >= 11 is 6.10. The molecule has 2 aliphatic rings. The van der Waals surface area contributed by atoms with Crippen LogP contribution in [0.15, 0.2) is 30.3 Å². The van der Waals surface area contributed by atoms with Crippen molar-refractivity contribution in [2.45, 2.75) is 25.0 Å². The first-order valence-corrected chi connectivity index (χ1v) is 8.73. The Labute approximate surface area is 153 Å². The second-order valence-electron chi connectivity index (χ2n) is 6.61. The predicted molar refractivity (Wildman–Crippen MR) is 92.6 cm³/mol. The smallest absolute Gasteiger partial charge is 0.335 e. The minimum absolute atomic E-state index is 0.156. The van der Waals surface area contributed by atoms with Crippen molar-refractivity contribution in [1.29, 1.82) is 0 Å². The number of hydrogen-bond acceptors (Lipinski definition) is 3. The Morgan fingerprint density at radius 1 is 1.23 bits per heavy atom. The maximum Gasteiger partial charge on any atom is 0.335 e. The van der Waals surface area contributed by atoms with Crippen molar-refractivity contribution in [3.63, 3.8) is 0 Å².